The Morgan fingerprint density at radius 2 is 1.84 bits per heavy atom. The molecule has 1 aromatic rings. The van der Waals surface area contributed by atoms with E-state index in [1.807, 2.05) is 23.1 Å². The van der Waals surface area contributed by atoms with Gasteiger partial charge in [0.15, 0.2) is 0 Å². The molecule has 2 aliphatic rings. The standard InChI is InChI=1S/C20H31N3O2/c1-17(16-25-2)21-11-13-22(14-12-21)19-9-6-10-23(20(19)24)15-18-7-4-3-5-8-18/h3-5,7-8,17,19H,6,9-16H2,1-2H3/t17-,19+/m0/s1. The summed E-state index contributed by atoms with van der Waals surface area (Å²) < 4.78 is 5.27. The highest BCUT2D eigenvalue weighted by Gasteiger charge is 2.35. The van der Waals surface area contributed by atoms with E-state index < -0.39 is 0 Å². The summed E-state index contributed by atoms with van der Waals surface area (Å²) in [5, 5.41) is 0. The Morgan fingerprint density at radius 3 is 2.52 bits per heavy atom. The van der Waals surface area contributed by atoms with Crippen LogP contribution in [0.4, 0.5) is 0 Å². The molecule has 2 atom stereocenters. The lowest BCUT2D eigenvalue weighted by atomic mass is 10.0. The summed E-state index contributed by atoms with van der Waals surface area (Å²) in [6.45, 7) is 8.60. The number of piperidine rings is 1. The molecule has 0 aliphatic carbocycles. The van der Waals surface area contributed by atoms with Crippen LogP contribution in [0.25, 0.3) is 0 Å². The fraction of sp³-hybridized carbons (Fsp3) is 0.650. The minimum absolute atomic E-state index is 0.0670. The van der Waals surface area contributed by atoms with Crippen molar-refractivity contribution in [1.82, 2.24) is 14.7 Å². The summed E-state index contributed by atoms with van der Waals surface area (Å²) in [4.78, 5) is 19.9. The van der Waals surface area contributed by atoms with E-state index in [9.17, 15) is 4.79 Å². The molecule has 3 rings (SSSR count). The summed E-state index contributed by atoms with van der Waals surface area (Å²) in [5.74, 6) is 0.313. The maximum Gasteiger partial charge on any atom is 0.240 e. The van der Waals surface area contributed by atoms with Crippen LogP contribution >= 0.6 is 0 Å². The van der Waals surface area contributed by atoms with Crippen LogP contribution in [-0.4, -0.2) is 79.1 Å². The number of amides is 1. The molecule has 0 unspecified atom stereocenters. The minimum atomic E-state index is 0.0670. The van der Waals surface area contributed by atoms with Crippen molar-refractivity contribution < 1.29 is 9.53 Å². The largest absolute Gasteiger partial charge is 0.383 e. The fourth-order valence-electron chi connectivity index (χ4n) is 4.06. The van der Waals surface area contributed by atoms with Crippen molar-refractivity contribution >= 4 is 5.91 Å². The Bertz CT molecular complexity index is 543. The second kappa shape index (κ2) is 8.79. The van der Waals surface area contributed by atoms with Crippen molar-refractivity contribution in [2.45, 2.75) is 38.4 Å². The van der Waals surface area contributed by atoms with E-state index in [4.69, 9.17) is 4.74 Å². The lowest BCUT2D eigenvalue weighted by molar-refractivity contribution is -0.142. The molecule has 1 aromatic carbocycles. The van der Waals surface area contributed by atoms with Crippen molar-refractivity contribution in [2.75, 3.05) is 46.4 Å². The Balaban J connectivity index is 1.55. The van der Waals surface area contributed by atoms with E-state index in [2.05, 4.69) is 28.9 Å². The number of carbonyl (C=O) groups excluding carboxylic acids is 1. The first-order valence-corrected chi connectivity index (χ1v) is 9.49. The number of methoxy groups -OCH3 is 1. The highest BCUT2D eigenvalue weighted by Crippen LogP contribution is 2.21. The number of carbonyl (C=O) groups is 1. The Labute approximate surface area is 151 Å². The SMILES string of the molecule is COC[C@H](C)N1CCN([C@@H]2CCCN(Cc3ccccc3)C2=O)CC1. The quantitative estimate of drug-likeness (QED) is 0.788. The van der Waals surface area contributed by atoms with E-state index in [1.165, 1.54) is 5.56 Å². The van der Waals surface area contributed by atoms with Gasteiger partial charge in [-0.3, -0.25) is 14.6 Å². The molecule has 0 N–H and O–H groups in total. The third kappa shape index (κ3) is 4.60. The van der Waals surface area contributed by atoms with Gasteiger partial charge in [0.2, 0.25) is 5.91 Å². The van der Waals surface area contributed by atoms with Crippen molar-refractivity contribution in [3.05, 3.63) is 35.9 Å². The van der Waals surface area contributed by atoms with E-state index >= 15 is 0 Å². The predicted octanol–water partition coefficient (Wildman–Crippen LogP) is 1.83. The average molecular weight is 345 g/mol. The highest BCUT2D eigenvalue weighted by atomic mass is 16.5. The van der Waals surface area contributed by atoms with Crippen LogP contribution in [0.2, 0.25) is 0 Å². The Morgan fingerprint density at radius 1 is 1.12 bits per heavy atom. The van der Waals surface area contributed by atoms with Crippen LogP contribution in [0, 0.1) is 0 Å². The summed E-state index contributed by atoms with van der Waals surface area (Å²) in [6.07, 6.45) is 2.10. The summed E-state index contributed by atoms with van der Waals surface area (Å²) >= 11 is 0. The molecule has 138 valence electrons. The van der Waals surface area contributed by atoms with E-state index in [1.54, 1.807) is 7.11 Å². The van der Waals surface area contributed by atoms with Gasteiger partial charge < -0.3 is 9.64 Å². The fourth-order valence-corrected chi connectivity index (χ4v) is 4.06. The molecule has 0 bridgehead atoms. The first-order chi connectivity index (χ1) is 12.2. The number of nitrogens with zero attached hydrogens (tertiary/aromatic N) is 3. The lowest BCUT2D eigenvalue weighted by Crippen LogP contribution is -2.58. The van der Waals surface area contributed by atoms with Gasteiger partial charge in [-0.15, -0.1) is 0 Å². The second-order valence-electron chi connectivity index (χ2n) is 7.28. The third-order valence-corrected chi connectivity index (χ3v) is 5.54. The number of hydrogen-bond donors (Lipinski definition) is 0. The van der Waals surface area contributed by atoms with Gasteiger partial charge in [-0.2, -0.15) is 0 Å². The van der Waals surface area contributed by atoms with Gasteiger partial charge in [0, 0.05) is 52.4 Å². The van der Waals surface area contributed by atoms with Crippen LogP contribution in [0.3, 0.4) is 0 Å². The van der Waals surface area contributed by atoms with E-state index in [0.717, 1.165) is 58.7 Å². The van der Waals surface area contributed by atoms with Gasteiger partial charge in [0.25, 0.3) is 0 Å². The van der Waals surface area contributed by atoms with Crippen molar-refractivity contribution in [3.8, 4) is 0 Å². The molecular weight excluding hydrogens is 314 g/mol. The summed E-state index contributed by atoms with van der Waals surface area (Å²) in [5.41, 5.74) is 1.22. The van der Waals surface area contributed by atoms with Crippen LogP contribution in [0.5, 0.6) is 0 Å². The normalized spacial score (nSPS) is 24.5. The summed E-state index contributed by atoms with van der Waals surface area (Å²) in [6, 6.07) is 10.8. The molecule has 5 heteroatoms. The maximum atomic E-state index is 13.0. The number of benzene rings is 1. The molecule has 0 aromatic heterocycles. The van der Waals surface area contributed by atoms with Crippen LogP contribution < -0.4 is 0 Å². The first kappa shape index (κ1) is 18.4. The smallest absolute Gasteiger partial charge is 0.240 e. The number of piperazine rings is 1. The maximum absolute atomic E-state index is 13.0. The molecule has 0 radical (unpaired) electrons. The molecule has 2 saturated heterocycles. The minimum Gasteiger partial charge on any atom is -0.383 e. The Hall–Kier alpha value is -1.43. The second-order valence-corrected chi connectivity index (χ2v) is 7.28. The number of ether oxygens (including phenoxy) is 1. The topological polar surface area (TPSA) is 36.0 Å². The molecule has 5 nitrogen and oxygen atoms in total. The monoisotopic (exact) mass is 345 g/mol. The van der Waals surface area contributed by atoms with Crippen LogP contribution in [-0.2, 0) is 16.1 Å². The Kier molecular flexibility index (Phi) is 6.45. The predicted molar refractivity (Wildman–Crippen MR) is 99.4 cm³/mol. The molecule has 2 heterocycles. The number of rotatable bonds is 6. The molecule has 1 amide bonds. The first-order valence-electron chi connectivity index (χ1n) is 9.49. The number of hydrogen-bond acceptors (Lipinski definition) is 4. The molecule has 25 heavy (non-hydrogen) atoms. The van der Waals surface area contributed by atoms with Crippen molar-refractivity contribution in [2.24, 2.45) is 0 Å². The van der Waals surface area contributed by atoms with Gasteiger partial charge in [-0.25, -0.2) is 0 Å². The van der Waals surface area contributed by atoms with Crippen LogP contribution in [0.15, 0.2) is 30.3 Å². The number of likely N-dealkylation sites (tertiary alicyclic amines) is 1. The van der Waals surface area contributed by atoms with Gasteiger partial charge >= 0.3 is 0 Å². The van der Waals surface area contributed by atoms with Gasteiger partial charge in [-0.1, -0.05) is 30.3 Å². The van der Waals surface area contributed by atoms with Crippen LogP contribution in [0.1, 0.15) is 25.3 Å². The molecule has 2 aliphatic heterocycles. The third-order valence-electron chi connectivity index (χ3n) is 5.54. The lowest BCUT2D eigenvalue weighted by Gasteiger charge is -2.43. The molecule has 0 saturated carbocycles. The zero-order valence-electron chi connectivity index (χ0n) is 15.6. The molecule has 0 spiro atoms. The summed E-state index contributed by atoms with van der Waals surface area (Å²) in [7, 11) is 1.76. The van der Waals surface area contributed by atoms with Gasteiger partial charge in [0.05, 0.1) is 12.6 Å². The molecular formula is C20H31N3O2. The van der Waals surface area contributed by atoms with Gasteiger partial charge in [0.1, 0.15) is 0 Å². The molecule has 2 fully saturated rings. The van der Waals surface area contributed by atoms with E-state index in [-0.39, 0.29) is 6.04 Å². The zero-order chi connectivity index (χ0) is 17.6. The average Bonchev–Trinajstić information content (AvgIpc) is 2.65. The van der Waals surface area contributed by atoms with Crippen molar-refractivity contribution in [3.63, 3.8) is 0 Å². The van der Waals surface area contributed by atoms with Gasteiger partial charge in [-0.05, 0) is 25.3 Å². The van der Waals surface area contributed by atoms with E-state index in [0.29, 0.717) is 11.9 Å². The zero-order valence-corrected chi connectivity index (χ0v) is 15.6. The highest BCUT2D eigenvalue weighted by molar-refractivity contribution is 5.82. The van der Waals surface area contributed by atoms with Crippen molar-refractivity contribution in [1.29, 1.82) is 0 Å².